The quantitative estimate of drug-likeness (QED) is 0.368. The van der Waals surface area contributed by atoms with Crippen LogP contribution in [0.15, 0.2) is 47.5 Å². The molecule has 1 atom stereocenters. The van der Waals surface area contributed by atoms with Crippen LogP contribution in [0, 0.1) is 11.8 Å². The van der Waals surface area contributed by atoms with Crippen LogP contribution in [0.1, 0.15) is 5.56 Å². The Bertz CT molecular complexity index is 1020. The van der Waals surface area contributed by atoms with Crippen LogP contribution >= 0.6 is 11.9 Å². The molecule has 13 heteroatoms. The summed E-state index contributed by atoms with van der Waals surface area (Å²) in [5.41, 5.74) is -0.505. The highest BCUT2D eigenvalue weighted by Gasteiger charge is 2.71. The van der Waals surface area contributed by atoms with Gasteiger partial charge in [0.25, 0.3) is 5.60 Å². The van der Waals surface area contributed by atoms with Crippen LogP contribution in [-0.4, -0.2) is 59.1 Å². The Morgan fingerprint density at radius 1 is 1.03 bits per heavy atom. The molecule has 1 aromatic heterocycles. The number of alkyl halides is 7. The molecule has 1 aliphatic rings. The number of pyridine rings is 1. The average molecular weight is 508 g/mol. The Hall–Kier alpha value is -2.69. The van der Waals surface area contributed by atoms with Crippen LogP contribution in [0.5, 0.6) is 0 Å². The van der Waals surface area contributed by atoms with Gasteiger partial charge in [-0.05, 0) is 36.2 Å². The van der Waals surface area contributed by atoms with Crippen LogP contribution < -0.4 is 10.6 Å². The molecule has 34 heavy (non-hydrogen) atoms. The highest BCUT2D eigenvalue weighted by Crippen LogP contribution is 2.50. The van der Waals surface area contributed by atoms with E-state index < -0.39 is 36.2 Å². The monoisotopic (exact) mass is 508 g/mol. The predicted octanol–water partition coefficient (Wildman–Crippen LogP) is 4.15. The van der Waals surface area contributed by atoms with Crippen molar-refractivity contribution in [2.75, 3.05) is 36.9 Å². The smallest absolute Gasteiger partial charge is 0.384 e. The third kappa shape index (κ3) is 5.34. The molecule has 0 saturated carbocycles. The zero-order valence-electron chi connectivity index (χ0n) is 17.4. The third-order valence-corrected chi connectivity index (χ3v) is 6.15. The van der Waals surface area contributed by atoms with Crippen LogP contribution in [0.25, 0.3) is 0 Å². The second kappa shape index (κ2) is 9.89. The molecule has 1 aromatic carbocycles. The minimum absolute atomic E-state index is 0.285. The van der Waals surface area contributed by atoms with E-state index in [9.17, 15) is 35.8 Å². The van der Waals surface area contributed by atoms with E-state index in [0.29, 0.717) is 37.6 Å². The van der Waals surface area contributed by atoms with Crippen molar-refractivity contribution in [1.82, 2.24) is 9.29 Å². The first kappa shape index (κ1) is 25.9. The maximum atomic E-state index is 13.1. The fraction of sp³-hybridized carbons (Fsp3) is 0.381. The fourth-order valence-corrected chi connectivity index (χ4v) is 4.32. The van der Waals surface area contributed by atoms with E-state index in [1.54, 1.807) is 23.2 Å². The average Bonchev–Trinajstić information content (AvgIpc) is 2.77. The molecular formula is C21H19F7N4OS. The van der Waals surface area contributed by atoms with Crippen LogP contribution in [0.4, 0.5) is 42.2 Å². The molecule has 0 radical (unpaired) electrons. The van der Waals surface area contributed by atoms with Gasteiger partial charge in [-0.25, -0.2) is 13.7 Å². The van der Waals surface area contributed by atoms with Gasteiger partial charge >= 0.3 is 12.4 Å². The van der Waals surface area contributed by atoms with Crippen molar-refractivity contribution in [3.63, 3.8) is 0 Å². The number of benzene rings is 1. The van der Waals surface area contributed by atoms with E-state index in [2.05, 4.69) is 16.8 Å². The Balaban J connectivity index is 1.83. The van der Waals surface area contributed by atoms with Crippen molar-refractivity contribution in [2.24, 2.45) is 0 Å². The van der Waals surface area contributed by atoms with Gasteiger partial charge in [0.05, 0.1) is 0 Å². The molecule has 1 saturated heterocycles. The lowest BCUT2D eigenvalue weighted by Crippen LogP contribution is -2.54. The lowest BCUT2D eigenvalue weighted by Gasteiger charge is -2.40. The first-order valence-electron chi connectivity index (χ1n) is 9.78. The number of hydrogen-bond acceptors (Lipinski definition) is 6. The molecule has 2 heterocycles. The molecule has 2 aromatic rings. The van der Waals surface area contributed by atoms with E-state index in [-0.39, 0.29) is 5.69 Å². The van der Waals surface area contributed by atoms with Gasteiger partial charge in [0.1, 0.15) is 18.5 Å². The summed E-state index contributed by atoms with van der Waals surface area (Å²) in [5.74, 6) is 5.42. The van der Waals surface area contributed by atoms with E-state index in [1.807, 2.05) is 4.31 Å². The first-order valence-corrected chi connectivity index (χ1v) is 10.6. The number of nitrogens with two attached hydrogens (primary N) is 1. The van der Waals surface area contributed by atoms with Crippen molar-refractivity contribution in [2.45, 2.75) is 28.9 Å². The second-order valence-corrected chi connectivity index (χ2v) is 8.49. The number of anilines is 2. The van der Waals surface area contributed by atoms with E-state index in [1.165, 1.54) is 11.9 Å². The molecule has 0 unspecified atom stereocenters. The van der Waals surface area contributed by atoms with Crippen molar-refractivity contribution in [3.8, 4) is 11.8 Å². The minimum atomic E-state index is -5.97. The topological polar surface area (TPSA) is 65.6 Å². The summed E-state index contributed by atoms with van der Waals surface area (Å²) < 4.78 is 93.4. The molecule has 5 nitrogen and oxygen atoms in total. The zero-order chi connectivity index (χ0) is 25.1. The van der Waals surface area contributed by atoms with Crippen LogP contribution in [0.3, 0.4) is 0 Å². The van der Waals surface area contributed by atoms with Gasteiger partial charge in [-0.15, -0.1) is 0 Å². The van der Waals surface area contributed by atoms with Gasteiger partial charge < -0.3 is 15.7 Å². The lowest BCUT2D eigenvalue weighted by molar-refractivity contribution is -0.376. The van der Waals surface area contributed by atoms with Crippen LogP contribution in [0.2, 0.25) is 0 Å². The zero-order valence-corrected chi connectivity index (χ0v) is 18.2. The highest BCUT2D eigenvalue weighted by molar-refractivity contribution is 7.97. The fourth-order valence-electron chi connectivity index (χ4n) is 3.41. The molecular weight excluding hydrogens is 489 g/mol. The summed E-state index contributed by atoms with van der Waals surface area (Å²) in [4.78, 5) is 6.45. The second-order valence-electron chi connectivity index (χ2n) is 7.31. The molecule has 3 rings (SSSR count). The Morgan fingerprint density at radius 3 is 2.21 bits per heavy atom. The first-order chi connectivity index (χ1) is 15.9. The highest BCUT2D eigenvalue weighted by atomic mass is 32.2. The predicted molar refractivity (Wildman–Crippen MR) is 113 cm³/mol. The molecule has 184 valence electrons. The lowest BCUT2D eigenvalue weighted by atomic mass is 9.92. The summed E-state index contributed by atoms with van der Waals surface area (Å²) in [6.45, 7) is 0.157. The Kier molecular flexibility index (Phi) is 7.54. The SMILES string of the molecule is Nc1ccc(SN2CCN(c3ccc(C(O)(C(F)(F)F)C(F)(F)F)cc3)[C@H](C#CCF)C2)cn1. The normalized spacial score (nSPS) is 17.9. The van der Waals surface area contributed by atoms with Crippen LogP contribution in [-0.2, 0) is 5.60 Å². The van der Waals surface area contributed by atoms with Gasteiger partial charge in [-0.1, -0.05) is 24.0 Å². The maximum Gasteiger partial charge on any atom is 0.430 e. The molecule has 1 aliphatic heterocycles. The number of rotatable bonds is 4. The van der Waals surface area contributed by atoms with E-state index >= 15 is 0 Å². The standard InChI is InChI=1S/C21H19F7N4OS/c22-9-1-2-16-13-31(34-17-7-8-18(29)30-12-17)10-11-32(16)15-5-3-14(4-6-15)19(33,20(23,24)25)21(26,27)28/h3-8,12,16,33H,9-11,13H2,(H2,29,30)/t16-/m1/s1. The summed E-state index contributed by atoms with van der Waals surface area (Å²) in [6, 6.07) is 6.07. The molecule has 0 bridgehead atoms. The van der Waals surface area contributed by atoms with Gasteiger partial charge in [0, 0.05) is 42.0 Å². The Labute approximate surface area is 194 Å². The van der Waals surface area contributed by atoms with Gasteiger partial charge in [-0.2, -0.15) is 26.3 Å². The third-order valence-electron chi connectivity index (χ3n) is 5.11. The number of hydrogen-bond donors (Lipinski definition) is 2. The molecule has 0 spiro atoms. The minimum Gasteiger partial charge on any atom is -0.384 e. The van der Waals surface area contributed by atoms with Crippen molar-refractivity contribution < 1.29 is 35.8 Å². The number of nitrogen functional groups attached to an aromatic ring is 1. The van der Waals surface area contributed by atoms with E-state index in [0.717, 1.165) is 17.0 Å². The molecule has 0 amide bonds. The largest absolute Gasteiger partial charge is 0.430 e. The number of aromatic nitrogens is 1. The number of nitrogens with zero attached hydrogens (tertiary/aromatic N) is 3. The van der Waals surface area contributed by atoms with Gasteiger partial charge in [-0.3, -0.25) is 0 Å². The summed E-state index contributed by atoms with van der Waals surface area (Å²) >= 11 is 1.36. The number of halogens is 7. The van der Waals surface area contributed by atoms with Gasteiger partial charge in [0.15, 0.2) is 0 Å². The summed E-state index contributed by atoms with van der Waals surface area (Å²) in [6.07, 6.45) is -10.4. The van der Waals surface area contributed by atoms with Crippen molar-refractivity contribution in [1.29, 1.82) is 0 Å². The molecule has 1 fully saturated rings. The van der Waals surface area contributed by atoms with Gasteiger partial charge in [0.2, 0.25) is 0 Å². The van der Waals surface area contributed by atoms with E-state index in [4.69, 9.17) is 5.73 Å². The summed E-state index contributed by atoms with van der Waals surface area (Å²) in [5, 5.41) is 9.57. The molecule has 0 aliphatic carbocycles. The van der Waals surface area contributed by atoms with Crippen molar-refractivity contribution in [3.05, 3.63) is 48.2 Å². The maximum absolute atomic E-state index is 13.1. The molecule has 3 N–H and O–H groups in total. The number of aliphatic hydroxyl groups is 1. The van der Waals surface area contributed by atoms with Crippen molar-refractivity contribution >= 4 is 23.5 Å². The number of piperazine rings is 1. The Morgan fingerprint density at radius 2 is 1.68 bits per heavy atom. The summed E-state index contributed by atoms with van der Waals surface area (Å²) in [7, 11) is 0.